The zero-order valence-electron chi connectivity index (χ0n) is 12.0. The van der Waals surface area contributed by atoms with Gasteiger partial charge in [-0.15, -0.1) is 0 Å². The minimum Gasteiger partial charge on any atom is -0.352 e. The lowest BCUT2D eigenvalue weighted by Gasteiger charge is -2.05. The fourth-order valence-corrected chi connectivity index (χ4v) is 2.09. The molecule has 8 nitrogen and oxygen atoms in total. The lowest BCUT2D eigenvalue weighted by molar-refractivity contribution is 0.0953. The minimum absolute atomic E-state index is 0.164. The maximum atomic E-state index is 12.2. The summed E-state index contributed by atoms with van der Waals surface area (Å²) in [5, 5.41) is 17.3. The van der Waals surface area contributed by atoms with Crippen molar-refractivity contribution >= 4 is 5.91 Å². The monoisotopic (exact) mass is 297 g/mol. The molecule has 3 heterocycles. The molecule has 22 heavy (non-hydrogen) atoms. The van der Waals surface area contributed by atoms with E-state index in [1.807, 2.05) is 25.1 Å². The smallest absolute Gasteiger partial charge is 0.254 e. The number of nitrogens with zero attached hydrogens (tertiary/aromatic N) is 5. The van der Waals surface area contributed by atoms with E-state index in [0.717, 1.165) is 11.4 Å². The molecule has 0 fully saturated rings. The van der Waals surface area contributed by atoms with Gasteiger partial charge in [0.15, 0.2) is 5.82 Å². The maximum absolute atomic E-state index is 12.2. The minimum atomic E-state index is -0.164. The van der Waals surface area contributed by atoms with Gasteiger partial charge in [0.25, 0.3) is 5.91 Å². The third kappa shape index (κ3) is 2.85. The van der Waals surface area contributed by atoms with Crippen molar-refractivity contribution in [3.63, 3.8) is 0 Å². The average molecular weight is 297 g/mol. The largest absolute Gasteiger partial charge is 0.352 e. The molecule has 0 saturated carbocycles. The summed E-state index contributed by atoms with van der Waals surface area (Å²) in [6, 6.07) is 5.55. The average Bonchev–Trinajstić information content (AvgIpc) is 3.18. The lowest BCUT2D eigenvalue weighted by Crippen LogP contribution is -2.26. The summed E-state index contributed by atoms with van der Waals surface area (Å²) in [7, 11) is 0. The number of carbonyl (C=O) groups excluding carboxylic acids is 1. The van der Waals surface area contributed by atoms with Gasteiger partial charge in [-0.05, 0) is 19.1 Å². The van der Waals surface area contributed by atoms with Crippen LogP contribution in [0.1, 0.15) is 21.7 Å². The molecular weight excluding hydrogens is 282 g/mol. The number of amides is 1. The first-order valence-corrected chi connectivity index (χ1v) is 6.84. The molecule has 0 aliphatic heterocycles. The van der Waals surface area contributed by atoms with E-state index in [4.69, 9.17) is 0 Å². The number of hydrogen-bond donors (Lipinski definition) is 2. The van der Waals surface area contributed by atoms with E-state index >= 15 is 0 Å². The summed E-state index contributed by atoms with van der Waals surface area (Å²) in [6.07, 6.45) is 5.50. The molecule has 0 spiro atoms. The second-order valence-electron chi connectivity index (χ2n) is 4.71. The van der Waals surface area contributed by atoms with Crippen LogP contribution in [0.3, 0.4) is 0 Å². The van der Waals surface area contributed by atoms with E-state index in [2.05, 4.69) is 30.8 Å². The zero-order chi connectivity index (χ0) is 15.4. The highest BCUT2D eigenvalue weighted by molar-refractivity contribution is 5.95. The topological polar surface area (TPSA) is 101 Å². The predicted octanol–water partition coefficient (Wildman–Crippen LogP) is 0.666. The Kier molecular flexibility index (Phi) is 3.90. The van der Waals surface area contributed by atoms with Gasteiger partial charge in [0.1, 0.15) is 0 Å². The van der Waals surface area contributed by atoms with E-state index in [1.54, 1.807) is 23.3 Å². The summed E-state index contributed by atoms with van der Waals surface area (Å²) in [5.74, 6) is 0.518. The van der Waals surface area contributed by atoms with Crippen molar-refractivity contribution in [3.05, 3.63) is 53.7 Å². The molecule has 2 N–H and O–H groups in total. The number of rotatable bonds is 5. The molecule has 1 amide bonds. The Hall–Kier alpha value is -3.03. The fraction of sp³-hybridized carbons (Fsp3) is 0.214. The standard InChI is InChI=1S/C14H15N7O/c1-10-12(9-18-21(10)13-4-2-3-6-15-13)14(22)16-7-5-11-8-17-20-19-11/h2-4,6,8-9H,5,7H2,1H3,(H,16,22)(H,17,19,20). The van der Waals surface area contributed by atoms with E-state index in [1.165, 1.54) is 0 Å². The van der Waals surface area contributed by atoms with Crippen LogP contribution in [-0.4, -0.2) is 42.6 Å². The highest BCUT2D eigenvalue weighted by Gasteiger charge is 2.15. The van der Waals surface area contributed by atoms with E-state index < -0.39 is 0 Å². The second-order valence-corrected chi connectivity index (χ2v) is 4.71. The lowest BCUT2D eigenvalue weighted by atomic mass is 10.2. The third-order valence-corrected chi connectivity index (χ3v) is 3.25. The Morgan fingerprint density at radius 2 is 2.27 bits per heavy atom. The number of aromatic amines is 1. The van der Waals surface area contributed by atoms with Crippen molar-refractivity contribution in [1.29, 1.82) is 0 Å². The number of aromatic nitrogens is 6. The van der Waals surface area contributed by atoms with Gasteiger partial charge in [-0.3, -0.25) is 4.79 Å². The summed E-state index contributed by atoms with van der Waals surface area (Å²) in [5.41, 5.74) is 2.09. The molecule has 0 aromatic carbocycles. The predicted molar refractivity (Wildman–Crippen MR) is 78.5 cm³/mol. The first-order chi connectivity index (χ1) is 10.8. The summed E-state index contributed by atoms with van der Waals surface area (Å²) >= 11 is 0. The third-order valence-electron chi connectivity index (χ3n) is 3.25. The van der Waals surface area contributed by atoms with E-state index in [9.17, 15) is 4.79 Å². The highest BCUT2D eigenvalue weighted by atomic mass is 16.1. The summed E-state index contributed by atoms with van der Waals surface area (Å²) in [6.45, 7) is 2.33. The number of pyridine rings is 1. The van der Waals surface area contributed by atoms with Crippen LogP contribution < -0.4 is 5.32 Å². The van der Waals surface area contributed by atoms with E-state index in [0.29, 0.717) is 24.3 Å². The van der Waals surface area contributed by atoms with Crippen LogP contribution in [0.2, 0.25) is 0 Å². The van der Waals surface area contributed by atoms with Crippen LogP contribution in [0, 0.1) is 6.92 Å². The van der Waals surface area contributed by atoms with Gasteiger partial charge >= 0.3 is 0 Å². The van der Waals surface area contributed by atoms with Gasteiger partial charge < -0.3 is 5.32 Å². The highest BCUT2D eigenvalue weighted by Crippen LogP contribution is 2.11. The van der Waals surface area contributed by atoms with Crippen molar-refractivity contribution in [2.45, 2.75) is 13.3 Å². The number of hydrogen-bond acceptors (Lipinski definition) is 5. The maximum Gasteiger partial charge on any atom is 0.254 e. The Balaban J connectivity index is 1.67. The summed E-state index contributed by atoms with van der Waals surface area (Å²) in [4.78, 5) is 16.4. The van der Waals surface area contributed by atoms with Crippen molar-refractivity contribution in [2.24, 2.45) is 0 Å². The molecule has 0 aliphatic carbocycles. The zero-order valence-corrected chi connectivity index (χ0v) is 12.0. The van der Waals surface area contributed by atoms with Gasteiger partial charge in [-0.1, -0.05) is 6.07 Å². The van der Waals surface area contributed by atoms with Crippen LogP contribution >= 0.6 is 0 Å². The van der Waals surface area contributed by atoms with Crippen LogP contribution in [0.4, 0.5) is 0 Å². The quantitative estimate of drug-likeness (QED) is 0.720. The number of carbonyl (C=O) groups is 1. The molecular formula is C14H15N7O. The molecule has 112 valence electrons. The van der Waals surface area contributed by atoms with Gasteiger partial charge in [0.05, 0.1) is 29.3 Å². The second kappa shape index (κ2) is 6.17. The number of H-pyrrole nitrogens is 1. The van der Waals surface area contributed by atoms with Gasteiger partial charge in [0.2, 0.25) is 0 Å². The molecule has 0 unspecified atom stereocenters. The molecule has 3 aromatic heterocycles. The first-order valence-electron chi connectivity index (χ1n) is 6.84. The molecule has 8 heteroatoms. The molecule has 0 saturated heterocycles. The van der Waals surface area contributed by atoms with Gasteiger partial charge in [-0.25, -0.2) is 9.67 Å². The van der Waals surface area contributed by atoms with Crippen molar-refractivity contribution < 1.29 is 4.79 Å². The Bertz CT molecular complexity index is 749. The Morgan fingerprint density at radius 1 is 1.36 bits per heavy atom. The number of nitrogens with one attached hydrogen (secondary N) is 2. The SMILES string of the molecule is Cc1c(C(=O)NCCc2cn[nH]n2)cnn1-c1ccccn1. The summed E-state index contributed by atoms with van der Waals surface area (Å²) < 4.78 is 1.65. The Labute approximate surface area is 126 Å². The normalized spacial score (nSPS) is 10.6. The molecule has 0 aliphatic rings. The van der Waals surface area contributed by atoms with Crippen LogP contribution in [0.25, 0.3) is 5.82 Å². The van der Waals surface area contributed by atoms with Crippen LogP contribution in [-0.2, 0) is 6.42 Å². The van der Waals surface area contributed by atoms with Gasteiger partial charge in [0, 0.05) is 19.2 Å². The molecule has 3 rings (SSSR count). The van der Waals surface area contributed by atoms with Crippen molar-refractivity contribution in [1.82, 2.24) is 35.5 Å². The molecule has 3 aromatic rings. The van der Waals surface area contributed by atoms with Crippen molar-refractivity contribution in [2.75, 3.05) is 6.54 Å². The fourth-order valence-electron chi connectivity index (χ4n) is 2.09. The molecule has 0 radical (unpaired) electrons. The molecule has 0 atom stereocenters. The molecule has 0 bridgehead atoms. The van der Waals surface area contributed by atoms with Crippen LogP contribution in [0.5, 0.6) is 0 Å². The van der Waals surface area contributed by atoms with Crippen LogP contribution in [0.15, 0.2) is 36.8 Å². The van der Waals surface area contributed by atoms with Crippen molar-refractivity contribution in [3.8, 4) is 5.82 Å². The van der Waals surface area contributed by atoms with Gasteiger partial charge in [-0.2, -0.15) is 20.5 Å². The first kappa shape index (κ1) is 13.9. The Morgan fingerprint density at radius 3 is 3.00 bits per heavy atom. The van der Waals surface area contributed by atoms with E-state index in [-0.39, 0.29) is 5.91 Å².